The molecule has 0 bridgehead atoms. The topological polar surface area (TPSA) is 26.3 Å². The Labute approximate surface area is 73.6 Å². The van der Waals surface area contributed by atoms with Gasteiger partial charge in [-0.05, 0) is 31.3 Å². The van der Waals surface area contributed by atoms with Gasteiger partial charge in [-0.1, -0.05) is 6.08 Å². The van der Waals surface area contributed by atoms with Crippen LogP contribution in [0.15, 0.2) is 11.6 Å². The van der Waals surface area contributed by atoms with Crippen LogP contribution in [0.1, 0.15) is 32.1 Å². The van der Waals surface area contributed by atoms with E-state index >= 15 is 0 Å². The maximum absolute atomic E-state index is 11.4. The van der Waals surface area contributed by atoms with E-state index in [2.05, 4.69) is 6.08 Å². The van der Waals surface area contributed by atoms with Crippen molar-refractivity contribution in [1.82, 2.24) is 0 Å². The third-order valence-corrected chi connectivity index (χ3v) is 2.15. The average Bonchev–Trinajstić information content (AvgIpc) is 2.56. The summed E-state index contributed by atoms with van der Waals surface area (Å²) < 4.78 is 4.88. The fourth-order valence-corrected chi connectivity index (χ4v) is 1.46. The lowest BCUT2D eigenvalue weighted by atomic mass is 10.1. The minimum Gasteiger partial charge on any atom is -0.385 e. The van der Waals surface area contributed by atoms with Gasteiger partial charge in [0.2, 0.25) is 0 Å². The van der Waals surface area contributed by atoms with Crippen LogP contribution in [0.2, 0.25) is 0 Å². The van der Waals surface area contributed by atoms with Crippen LogP contribution in [-0.4, -0.2) is 19.5 Å². The molecule has 0 N–H and O–H groups in total. The van der Waals surface area contributed by atoms with Gasteiger partial charge in [0.25, 0.3) is 0 Å². The summed E-state index contributed by atoms with van der Waals surface area (Å²) in [6.45, 7) is 0.693. The molecular weight excluding hydrogens is 152 g/mol. The first-order chi connectivity index (χ1) is 5.84. The minimum atomic E-state index is 0.324. The Hall–Kier alpha value is -0.630. The van der Waals surface area contributed by atoms with Crippen LogP contribution in [0.25, 0.3) is 0 Å². The van der Waals surface area contributed by atoms with E-state index in [1.165, 1.54) is 0 Å². The van der Waals surface area contributed by atoms with Crippen LogP contribution in [0, 0.1) is 0 Å². The number of hydrogen-bond acceptors (Lipinski definition) is 2. The van der Waals surface area contributed by atoms with Crippen molar-refractivity contribution in [3.05, 3.63) is 11.6 Å². The van der Waals surface area contributed by atoms with E-state index in [4.69, 9.17) is 4.74 Å². The number of methoxy groups -OCH3 is 1. The molecule has 0 atom stereocenters. The molecule has 0 fully saturated rings. The van der Waals surface area contributed by atoms with E-state index in [1.54, 1.807) is 7.11 Å². The zero-order valence-corrected chi connectivity index (χ0v) is 7.64. The van der Waals surface area contributed by atoms with Gasteiger partial charge in [0.05, 0.1) is 0 Å². The summed E-state index contributed by atoms with van der Waals surface area (Å²) in [6.07, 6.45) is 6.82. The van der Waals surface area contributed by atoms with Crippen molar-refractivity contribution in [2.24, 2.45) is 0 Å². The third kappa shape index (κ3) is 2.78. The summed E-state index contributed by atoms with van der Waals surface area (Å²) in [5.41, 5.74) is 1.05. The highest BCUT2D eigenvalue weighted by Gasteiger charge is 2.12. The average molecular weight is 168 g/mol. The molecule has 2 nitrogen and oxygen atoms in total. The van der Waals surface area contributed by atoms with Crippen molar-refractivity contribution >= 4 is 5.78 Å². The Bertz CT molecular complexity index is 182. The van der Waals surface area contributed by atoms with Crippen LogP contribution in [0.4, 0.5) is 0 Å². The monoisotopic (exact) mass is 168 g/mol. The maximum atomic E-state index is 11.4. The predicted octanol–water partition coefficient (Wildman–Crippen LogP) is 2.09. The van der Waals surface area contributed by atoms with Gasteiger partial charge in [-0.3, -0.25) is 4.79 Å². The largest absolute Gasteiger partial charge is 0.385 e. The van der Waals surface area contributed by atoms with Crippen LogP contribution in [0.5, 0.6) is 0 Å². The Morgan fingerprint density at radius 2 is 2.50 bits per heavy atom. The molecular formula is C10H16O2. The van der Waals surface area contributed by atoms with E-state index in [0.29, 0.717) is 18.8 Å². The third-order valence-electron chi connectivity index (χ3n) is 2.15. The van der Waals surface area contributed by atoms with Gasteiger partial charge >= 0.3 is 0 Å². The molecule has 1 aliphatic rings. The second-order valence-corrected chi connectivity index (χ2v) is 3.14. The lowest BCUT2D eigenvalue weighted by Crippen LogP contribution is -2.02. The van der Waals surface area contributed by atoms with Gasteiger partial charge in [-0.25, -0.2) is 0 Å². The number of hydrogen-bond donors (Lipinski definition) is 0. The van der Waals surface area contributed by atoms with Gasteiger partial charge < -0.3 is 4.74 Å². The SMILES string of the molecule is COCCCC(=O)C1=CCCC1. The van der Waals surface area contributed by atoms with Crippen LogP contribution >= 0.6 is 0 Å². The minimum absolute atomic E-state index is 0.324. The number of ether oxygens (including phenoxy) is 1. The molecule has 0 aliphatic heterocycles. The fourth-order valence-electron chi connectivity index (χ4n) is 1.46. The maximum Gasteiger partial charge on any atom is 0.158 e. The highest BCUT2D eigenvalue weighted by atomic mass is 16.5. The molecule has 0 radical (unpaired) electrons. The Morgan fingerprint density at radius 3 is 3.08 bits per heavy atom. The summed E-state index contributed by atoms with van der Waals surface area (Å²) in [5, 5.41) is 0. The molecule has 1 rings (SSSR count). The first kappa shape index (κ1) is 9.46. The Balaban J connectivity index is 2.19. The Kier molecular flexibility index (Phi) is 4.01. The Morgan fingerprint density at radius 1 is 1.67 bits per heavy atom. The molecule has 0 aromatic carbocycles. The molecule has 68 valence electrons. The van der Waals surface area contributed by atoms with Crippen molar-refractivity contribution < 1.29 is 9.53 Å². The van der Waals surface area contributed by atoms with Gasteiger partial charge in [-0.2, -0.15) is 0 Å². The van der Waals surface area contributed by atoms with Crippen LogP contribution in [0.3, 0.4) is 0 Å². The predicted molar refractivity (Wildman–Crippen MR) is 48.1 cm³/mol. The second kappa shape index (κ2) is 5.09. The molecule has 2 heteroatoms. The zero-order chi connectivity index (χ0) is 8.81. The number of allylic oxidation sites excluding steroid dienone is 2. The van der Waals surface area contributed by atoms with Crippen molar-refractivity contribution in [2.45, 2.75) is 32.1 Å². The quantitative estimate of drug-likeness (QED) is 0.587. The van der Waals surface area contributed by atoms with E-state index in [9.17, 15) is 4.79 Å². The molecule has 12 heavy (non-hydrogen) atoms. The molecule has 0 saturated carbocycles. The van der Waals surface area contributed by atoms with Gasteiger partial charge in [0.15, 0.2) is 5.78 Å². The van der Waals surface area contributed by atoms with Crippen molar-refractivity contribution in [2.75, 3.05) is 13.7 Å². The molecule has 0 aromatic heterocycles. The molecule has 0 heterocycles. The van der Waals surface area contributed by atoms with Crippen molar-refractivity contribution in [3.63, 3.8) is 0 Å². The number of rotatable bonds is 5. The van der Waals surface area contributed by atoms with E-state index < -0.39 is 0 Å². The molecule has 0 spiro atoms. The first-order valence-electron chi connectivity index (χ1n) is 4.56. The standard InChI is InChI=1S/C10H16O2/c1-12-8-4-7-10(11)9-5-2-3-6-9/h5H,2-4,6-8H2,1H3. The lowest BCUT2D eigenvalue weighted by Gasteiger charge is -2.00. The zero-order valence-electron chi connectivity index (χ0n) is 7.64. The number of ketones is 1. The first-order valence-corrected chi connectivity index (χ1v) is 4.56. The fraction of sp³-hybridized carbons (Fsp3) is 0.700. The van der Waals surface area contributed by atoms with Crippen molar-refractivity contribution in [1.29, 1.82) is 0 Å². The summed E-state index contributed by atoms with van der Waals surface area (Å²) in [7, 11) is 1.67. The lowest BCUT2D eigenvalue weighted by molar-refractivity contribution is -0.115. The highest BCUT2D eigenvalue weighted by molar-refractivity contribution is 5.95. The van der Waals surface area contributed by atoms with E-state index in [1.807, 2.05) is 0 Å². The number of carbonyl (C=O) groups excluding carboxylic acids is 1. The van der Waals surface area contributed by atoms with E-state index in [-0.39, 0.29) is 0 Å². The van der Waals surface area contributed by atoms with E-state index in [0.717, 1.165) is 31.3 Å². The van der Waals surface area contributed by atoms with Gasteiger partial charge in [-0.15, -0.1) is 0 Å². The number of carbonyl (C=O) groups is 1. The van der Waals surface area contributed by atoms with Crippen LogP contribution in [-0.2, 0) is 9.53 Å². The highest BCUT2D eigenvalue weighted by Crippen LogP contribution is 2.19. The molecule has 0 amide bonds. The smallest absolute Gasteiger partial charge is 0.158 e. The number of Topliss-reactive ketones (excluding diaryl/α,β-unsaturated/α-hetero) is 1. The van der Waals surface area contributed by atoms with Crippen molar-refractivity contribution in [3.8, 4) is 0 Å². The summed E-state index contributed by atoms with van der Waals surface area (Å²) >= 11 is 0. The summed E-state index contributed by atoms with van der Waals surface area (Å²) in [6, 6.07) is 0. The van der Waals surface area contributed by atoms with Crippen LogP contribution < -0.4 is 0 Å². The molecule has 0 saturated heterocycles. The summed E-state index contributed by atoms with van der Waals surface area (Å²) in [4.78, 5) is 11.4. The van der Waals surface area contributed by atoms with Gasteiger partial charge in [0.1, 0.15) is 0 Å². The van der Waals surface area contributed by atoms with Gasteiger partial charge in [0, 0.05) is 20.1 Å². The summed E-state index contributed by atoms with van der Waals surface area (Å²) in [5.74, 6) is 0.324. The molecule has 0 aromatic rings. The molecule has 0 unspecified atom stereocenters. The second-order valence-electron chi connectivity index (χ2n) is 3.14. The molecule has 1 aliphatic carbocycles. The normalized spacial score (nSPS) is 16.2.